The molecule has 168 valence electrons. The Morgan fingerprint density at radius 1 is 1.16 bits per heavy atom. The fraction of sp³-hybridized carbons (Fsp3) is 0.600. The Balaban J connectivity index is 1.60. The van der Waals surface area contributed by atoms with E-state index < -0.39 is 0 Å². The lowest BCUT2D eigenvalue weighted by Gasteiger charge is -2.48. The van der Waals surface area contributed by atoms with Crippen molar-refractivity contribution in [2.24, 2.45) is 5.92 Å². The molecule has 2 aliphatic rings. The van der Waals surface area contributed by atoms with Gasteiger partial charge in [0.15, 0.2) is 0 Å². The summed E-state index contributed by atoms with van der Waals surface area (Å²) in [5, 5.41) is 4.95. The third-order valence-electron chi connectivity index (χ3n) is 6.80. The van der Waals surface area contributed by atoms with Crippen LogP contribution < -0.4 is 0 Å². The second kappa shape index (κ2) is 9.53. The van der Waals surface area contributed by atoms with E-state index in [0.29, 0.717) is 25.6 Å². The van der Waals surface area contributed by atoms with Crippen molar-refractivity contribution in [3.8, 4) is 5.69 Å². The first-order valence-corrected chi connectivity index (χ1v) is 11.7. The van der Waals surface area contributed by atoms with Crippen molar-refractivity contribution in [2.45, 2.75) is 58.0 Å². The lowest BCUT2D eigenvalue weighted by Crippen LogP contribution is -2.63. The molecule has 6 heteroatoms. The molecule has 0 atom stereocenters. The number of amides is 1. The highest BCUT2D eigenvalue weighted by Crippen LogP contribution is 2.39. The van der Waals surface area contributed by atoms with Gasteiger partial charge in [0.25, 0.3) is 0 Å². The summed E-state index contributed by atoms with van der Waals surface area (Å²) in [5.74, 6) is 0.751. The Labute approximate surface area is 186 Å². The minimum Gasteiger partial charge on any atom is -0.383 e. The number of hydrogen-bond donors (Lipinski definition) is 0. The summed E-state index contributed by atoms with van der Waals surface area (Å²) in [4.78, 5) is 17.4. The van der Waals surface area contributed by atoms with Gasteiger partial charge < -0.3 is 9.64 Å². The number of methoxy groups -OCH3 is 1. The molecule has 1 aliphatic carbocycles. The van der Waals surface area contributed by atoms with E-state index in [1.165, 1.54) is 18.4 Å². The molecule has 6 nitrogen and oxygen atoms in total. The zero-order valence-electron chi connectivity index (χ0n) is 19.2. The Morgan fingerprint density at radius 2 is 1.90 bits per heavy atom. The van der Waals surface area contributed by atoms with Gasteiger partial charge in [-0.05, 0) is 37.3 Å². The summed E-state index contributed by atoms with van der Waals surface area (Å²) in [6.07, 6.45) is 7.93. The van der Waals surface area contributed by atoms with Crippen LogP contribution in [0.5, 0.6) is 0 Å². The maximum absolute atomic E-state index is 12.9. The summed E-state index contributed by atoms with van der Waals surface area (Å²) < 4.78 is 7.25. The predicted octanol–water partition coefficient (Wildman–Crippen LogP) is 3.67. The fourth-order valence-electron chi connectivity index (χ4n) is 5.17. The second-order valence-electron chi connectivity index (χ2n) is 9.57. The lowest BCUT2D eigenvalue weighted by atomic mass is 9.90. The maximum atomic E-state index is 12.9. The van der Waals surface area contributed by atoms with Crippen molar-refractivity contribution in [1.82, 2.24) is 19.6 Å². The predicted molar refractivity (Wildman–Crippen MR) is 122 cm³/mol. The zero-order valence-corrected chi connectivity index (χ0v) is 19.2. The number of carbonyl (C=O) groups is 1. The van der Waals surface area contributed by atoms with Gasteiger partial charge in [-0.2, -0.15) is 5.10 Å². The quantitative estimate of drug-likeness (QED) is 0.649. The molecular formula is C25H36N4O2. The first-order chi connectivity index (χ1) is 15.0. The average Bonchev–Trinajstić information content (AvgIpc) is 3.38. The Hall–Kier alpha value is -2.18. The van der Waals surface area contributed by atoms with Gasteiger partial charge in [-0.15, -0.1) is 0 Å². The van der Waals surface area contributed by atoms with Gasteiger partial charge in [-0.1, -0.05) is 44.9 Å². The van der Waals surface area contributed by atoms with E-state index in [4.69, 9.17) is 9.84 Å². The topological polar surface area (TPSA) is 50.6 Å². The third kappa shape index (κ3) is 4.85. The number of carbonyl (C=O) groups excluding carboxylic acids is 1. The number of rotatable bonds is 8. The smallest absolute Gasteiger partial charge is 0.236 e. The largest absolute Gasteiger partial charge is 0.383 e. The van der Waals surface area contributed by atoms with E-state index in [2.05, 4.69) is 37.1 Å². The summed E-state index contributed by atoms with van der Waals surface area (Å²) in [5.41, 5.74) is 3.57. The molecule has 1 saturated heterocycles. The third-order valence-corrected chi connectivity index (χ3v) is 6.80. The summed E-state index contributed by atoms with van der Waals surface area (Å²) in [6.45, 7) is 7.87. The Morgan fingerprint density at radius 3 is 2.58 bits per heavy atom. The number of piperazine rings is 1. The molecule has 0 bridgehead atoms. The standard InChI is InChI=1S/C25H36N4O2/c1-20(2)15-23-21(17-29(26-23)22-9-5-4-6-10-22)16-28-18-24(30)27(13-14-31-3)19-25(28)11-7-8-12-25/h4-6,9-10,17,20H,7-8,11-16,18-19H2,1-3H3. The highest BCUT2D eigenvalue weighted by Gasteiger charge is 2.46. The molecule has 31 heavy (non-hydrogen) atoms. The first-order valence-electron chi connectivity index (χ1n) is 11.7. The van der Waals surface area contributed by atoms with Crippen LogP contribution in [0.1, 0.15) is 50.8 Å². The molecule has 4 rings (SSSR count). The summed E-state index contributed by atoms with van der Waals surface area (Å²) in [7, 11) is 1.70. The van der Waals surface area contributed by atoms with Crippen molar-refractivity contribution in [2.75, 3.05) is 33.4 Å². The minimum absolute atomic E-state index is 0.0889. The maximum Gasteiger partial charge on any atom is 0.236 e. The van der Waals surface area contributed by atoms with Crippen LogP contribution in [-0.4, -0.2) is 64.4 Å². The van der Waals surface area contributed by atoms with Crippen LogP contribution in [-0.2, 0) is 22.5 Å². The van der Waals surface area contributed by atoms with Crippen molar-refractivity contribution >= 4 is 5.91 Å². The zero-order chi connectivity index (χ0) is 21.8. The van der Waals surface area contributed by atoms with Crippen molar-refractivity contribution in [3.05, 3.63) is 47.8 Å². The SMILES string of the molecule is COCCN1CC2(CCCC2)N(Cc2cn(-c3ccccc3)nc2CC(C)C)CC1=O. The average molecular weight is 425 g/mol. The summed E-state index contributed by atoms with van der Waals surface area (Å²) in [6, 6.07) is 10.3. The van der Waals surface area contributed by atoms with Crippen LogP contribution in [0.3, 0.4) is 0 Å². The molecule has 0 unspecified atom stereocenters. The van der Waals surface area contributed by atoms with Gasteiger partial charge in [0, 0.05) is 44.0 Å². The summed E-state index contributed by atoms with van der Waals surface area (Å²) >= 11 is 0. The molecule has 0 radical (unpaired) electrons. The van der Waals surface area contributed by atoms with Gasteiger partial charge in [-0.25, -0.2) is 4.68 Å². The van der Waals surface area contributed by atoms with Crippen molar-refractivity contribution < 1.29 is 9.53 Å². The second-order valence-corrected chi connectivity index (χ2v) is 9.57. The number of hydrogen-bond acceptors (Lipinski definition) is 4. The molecule has 2 heterocycles. The van der Waals surface area contributed by atoms with Gasteiger partial charge >= 0.3 is 0 Å². The molecular weight excluding hydrogens is 388 g/mol. The van der Waals surface area contributed by atoms with E-state index in [1.807, 2.05) is 27.8 Å². The Bertz CT molecular complexity index is 871. The van der Waals surface area contributed by atoms with Gasteiger partial charge in [0.2, 0.25) is 5.91 Å². The highest BCUT2D eigenvalue weighted by atomic mass is 16.5. The molecule has 2 fully saturated rings. The molecule has 1 aromatic carbocycles. The fourth-order valence-corrected chi connectivity index (χ4v) is 5.17. The molecule has 1 amide bonds. The molecule has 1 aromatic heterocycles. The minimum atomic E-state index is 0.0889. The number of para-hydroxylation sites is 1. The van der Waals surface area contributed by atoms with Crippen LogP contribution in [0.4, 0.5) is 0 Å². The van der Waals surface area contributed by atoms with E-state index in [0.717, 1.165) is 43.7 Å². The van der Waals surface area contributed by atoms with Gasteiger partial charge in [0.1, 0.15) is 0 Å². The molecule has 1 saturated carbocycles. The lowest BCUT2D eigenvalue weighted by molar-refractivity contribution is -0.144. The number of benzene rings is 1. The van der Waals surface area contributed by atoms with Crippen molar-refractivity contribution in [1.29, 1.82) is 0 Å². The van der Waals surface area contributed by atoms with Gasteiger partial charge in [-0.3, -0.25) is 9.69 Å². The van der Waals surface area contributed by atoms with E-state index >= 15 is 0 Å². The van der Waals surface area contributed by atoms with Crippen LogP contribution in [0.2, 0.25) is 0 Å². The normalized spacial score (nSPS) is 19.1. The van der Waals surface area contributed by atoms with Crippen LogP contribution in [0.15, 0.2) is 36.5 Å². The first kappa shape index (κ1) is 22.0. The number of nitrogens with zero attached hydrogens (tertiary/aromatic N) is 4. The van der Waals surface area contributed by atoms with E-state index in [-0.39, 0.29) is 11.4 Å². The molecule has 0 N–H and O–H groups in total. The number of ether oxygens (including phenoxy) is 1. The molecule has 1 aliphatic heterocycles. The molecule has 2 aromatic rings. The van der Waals surface area contributed by atoms with Crippen molar-refractivity contribution in [3.63, 3.8) is 0 Å². The van der Waals surface area contributed by atoms with Crippen LogP contribution in [0.25, 0.3) is 5.69 Å². The van der Waals surface area contributed by atoms with Crippen LogP contribution >= 0.6 is 0 Å². The monoisotopic (exact) mass is 424 g/mol. The molecule has 1 spiro atoms. The van der Waals surface area contributed by atoms with Gasteiger partial charge in [0.05, 0.1) is 24.5 Å². The van der Waals surface area contributed by atoms with E-state index in [9.17, 15) is 4.79 Å². The number of aromatic nitrogens is 2. The van der Waals surface area contributed by atoms with Crippen LogP contribution in [0, 0.1) is 5.92 Å². The Kier molecular flexibility index (Phi) is 6.77. The highest BCUT2D eigenvalue weighted by molar-refractivity contribution is 5.79. The van der Waals surface area contributed by atoms with E-state index in [1.54, 1.807) is 7.11 Å².